The van der Waals surface area contributed by atoms with Gasteiger partial charge in [-0.25, -0.2) is 0 Å². The quantitative estimate of drug-likeness (QED) is 0.799. The van der Waals surface area contributed by atoms with Gasteiger partial charge in [0.15, 0.2) is 11.5 Å². The Morgan fingerprint density at radius 2 is 1.92 bits per heavy atom. The van der Waals surface area contributed by atoms with Crippen molar-refractivity contribution in [2.24, 2.45) is 0 Å². The van der Waals surface area contributed by atoms with Crippen LogP contribution in [0, 0.1) is 0 Å². The third kappa shape index (κ3) is 2.90. The van der Waals surface area contributed by atoms with E-state index >= 15 is 0 Å². The number of carbonyl (C=O) groups is 3. The maximum Gasteiger partial charge on any atom is 0.323 e. The van der Waals surface area contributed by atoms with Crippen molar-refractivity contribution >= 4 is 17.7 Å². The van der Waals surface area contributed by atoms with Crippen LogP contribution in [0.4, 0.5) is 0 Å². The predicted octanol–water partition coefficient (Wildman–Crippen LogP) is 1.07. The zero-order chi connectivity index (χ0) is 18.0. The monoisotopic (exact) mass is 335 g/mol. The first-order valence-electron chi connectivity index (χ1n) is 7.00. The van der Waals surface area contributed by atoms with E-state index in [1.54, 1.807) is 18.2 Å². The molecule has 0 bridgehead atoms. The first-order valence-corrected chi connectivity index (χ1v) is 7.00. The van der Waals surface area contributed by atoms with Crippen LogP contribution in [0.2, 0.25) is 0 Å². The summed E-state index contributed by atoms with van der Waals surface area (Å²) >= 11 is 0. The van der Waals surface area contributed by atoms with Crippen molar-refractivity contribution in [2.45, 2.75) is 13.0 Å². The molecule has 1 unspecified atom stereocenters. The molecule has 1 heterocycles. The van der Waals surface area contributed by atoms with Gasteiger partial charge in [-0.05, 0) is 19.1 Å². The lowest BCUT2D eigenvalue weighted by Gasteiger charge is -2.26. The number of Topliss-reactive ketones (excluding diaryl/α,β-unsaturated/α-hetero) is 1. The molecule has 1 aromatic rings. The zero-order valence-electron chi connectivity index (χ0n) is 13.4. The topological polar surface area (TPSA) is 113 Å². The highest BCUT2D eigenvalue weighted by Crippen LogP contribution is 2.42. The van der Waals surface area contributed by atoms with Crippen LogP contribution in [0.25, 0.3) is 0 Å². The lowest BCUT2D eigenvalue weighted by molar-refractivity contribution is -0.144. The molecular weight excluding hydrogens is 318 g/mol. The summed E-state index contributed by atoms with van der Waals surface area (Å²) in [5.74, 6) is -2.66. The number of carboxylic acid groups (broad SMARTS) is 1. The van der Waals surface area contributed by atoms with Crippen LogP contribution in [0.5, 0.6) is 11.5 Å². The summed E-state index contributed by atoms with van der Waals surface area (Å²) in [6.45, 7) is 0.533. The number of benzene rings is 1. The Hall–Kier alpha value is -3.03. The third-order valence-electron chi connectivity index (χ3n) is 3.72. The number of aliphatic carboxylic acids is 1. The largest absolute Gasteiger partial charge is 0.503 e. The number of rotatable bonds is 6. The molecule has 0 saturated heterocycles. The van der Waals surface area contributed by atoms with Gasteiger partial charge in [-0.15, -0.1) is 0 Å². The number of aliphatic hydroxyl groups excluding tert-OH is 1. The molecule has 0 aliphatic carbocycles. The predicted molar refractivity (Wildman–Crippen MR) is 82.0 cm³/mol. The van der Waals surface area contributed by atoms with Gasteiger partial charge >= 0.3 is 5.97 Å². The van der Waals surface area contributed by atoms with Gasteiger partial charge in [0, 0.05) is 11.6 Å². The van der Waals surface area contributed by atoms with Gasteiger partial charge in [-0.1, -0.05) is 0 Å². The minimum atomic E-state index is -1.27. The number of ketones is 1. The summed E-state index contributed by atoms with van der Waals surface area (Å²) in [5.41, 5.74) is 0.215. The molecule has 2 N–H and O–H groups in total. The Bertz CT molecular complexity index is 738. The number of carbonyl (C=O) groups excluding carboxylic acids is 2. The molecule has 0 aromatic heterocycles. The normalized spacial score (nSPS) is 17.2. The molecule has 0 saturated carbocycles. The lowest BCUT2D eigenvalue weighted by atomic mass is 9.95. The molecule has 1 aliphatic rings. The smallest absolute Gasteiger partial charge is 0.323 e. The molecule has 2 rings (SSSR count). The SMILES string of the molecule is COc1ccc(C2C(C(C)=O)=C(O)C(=O)N2CC(=O)O)c(OC)c1. The highest BCUT2D eigenvalue weighted by Gasteiger charge is 2.44. The van der Waals surface area contributed by atoms with Crippen molar-refractivity contribution < 1.29 is 34.1 Å². The van der Waals surface area contributed by atoms with Gasteiger partial charge in [0.05, 0.1) is 25.8 Å². The van der Waals surface area contributed by atoms with E-state index in [4.69, 9.17) is 14.6 Å². The van der Waals surface area contributed by atoms with Gasteiger partial charge in [0.2, 0.25) is 0 Å². The van der Waals surface area contributed by atoms with Crippen LogP contribution in [0.15, 0.2) is 29.5 Å². The van der Waals surface area contributed by atoms with E-state index in [9.17, 15) is 19.5 Å². The summed E-state index contributed by atoms with van der Waals surface area (Å²) in [6, 6.07) is 3.65. The first kappa shape index (κ1) is 17.3. The molecule has 0 spiro atoms. The fraction of sp³-hybridized carbons (Fsp3) is 0.312. The van der Waals surface area contributed by atoms with Crippen LogP contribution in [0.1, 0.15) is 18.5 Å². The van der Waals surface area contributed by atoms with Crippen molar-refractivity contribution in [1.82, 2.24) is 4.90 Å². The van der Waals surface area contributed by atoms with Crippen LogP contribution in [-0.4, -0.2) is 53.5 Å². The molecule has 0 fully saturated rings. The summed E-state index contributed by atoms with van der Waals surface area (Å²) in [7, 11) is 2.87. The molecule has 1 amide bonds. The van der Waals surface area contributed by atoms with E-state index in [0.717, 1.165) is 4.90 Å². The van der Waals surface area contributed by atoms with Gasteiger partial charge < -0.3 is 24.6 Å². The number of aliphatic hydroxyl groups is 1. The van der Waals surface area contributed by atoms with Crippen molar-refractivity contribution in [3.63, 3.8) is 0 Å². The number of hydrogen-bond donors (Lipinski definition) is 2. The summed E-state index contributed by atoms with van der Waals surface area (Å²) in [4.78, 5) is 36.1. The van der Waals surface area contributed by atoms with Crippen molar-refractivity contribution in [3.05, 3.63) is 35.1 Å². The van der Waals surface area contributed by atoms with Crippen molar-refractivity contribution in [2.75, 3.05) is 20.8 Å². The zero-order valence-corrected chi connectivity index (χ0v) is 13.4. The second-order valence-corrected chi connectivity index (χ2v) is 5.16. The molecule has 24 heavy (non-hydrogen) atoms. The molecule has 8 heteroatoms. The van der Waals surface area contributed by atoms with Crippen LogP contribution < -0.4 is 9.47 Å². The standard InChI is InChI=1S/C16H17NO7/c1-8(18)13-14(17(7-12(19)20)16(22)15(13)21)10-5-4-9(23-2)6-11(10)24-3/h4-6,14,21H,7H2,1-3H3,(H,19,20). The average molecular weight is 335 g/mol. The summed E-state index contributed by atoms with van der Waals surface area (Å²) in [6.07, 6.45) is 0. The maximum absolute atomic E-state index is 12.2. The number of methoxy groups -OCH3 is 2. The Labute approximate surface area is 137 Å². The highest BCUT2D eigenvalue weighted by molar-refractivity contribution is 6.08. The molecule has 1 aromatic carbocycles. The molecular formula is C16H17NO7. The number of hydrogen-bond acceptors (Lipinski definition) is 6. The second-order valence-electron chi connectivity index (χ2n) is 5.16. The van der Waals surface area contributed by atoms with E-state index in [-0.39, 0.29) is 5.57 Å². The van der Waals surface area contributed by atoms with Gasteiger partial charge in [-0.2, -0.15) is 0 Å². The van der Waals surface area contributed by atoms with E-state index in [1.807, 2.05) is 0 Å². The highest BCUT2D eigenvalue weighted by atomic mass is 16.5. The van der Waals surface area contributed by atoms with E-state index < -0.39 is 36.0 Å². The third-order valence-corrected chi connectivity index (χ3v) is 3.72. The molecule has 1 aliphatic heterocycles. The fourth-order valence-corrected chi connectivity index (χ4v) is 2.69. The van der Waals surface area contributed by atoms with Gasteiger partial charge in [0.25, 0.3) is 5.91 Å². The Morgan fingerprint density at radius 1 is 1.25 bits per heavy atom. The molecule has 1 atom stereocenters. The van der Waals surface area contributed by atoms with Crippen molar-refractivity contribution in [3.8, 4) is 11.5 Å². The number of amides is 1. The molecule has 128 valence electrons. The van der Waals surface area contributed by atoms with Gasteiger partial charge in [-0.3, -0.25) is 14.4 Å². The van der Waals surface area contributed by atoms with E-state index in [2.05, 4.69) is 0 Å². The minimum absolute atomic E-state index is 0.162. The van der Waals surface area contributed by atoms with Crippen LogP contribution >= 0.6 is 0 Å². The number of ether oxygens (including phenoxy) is 2. The number of nitrogens with zero attached hydrogens (tertiary/aromatic N) is 1. The summed E-state index contributed by atoms with van der Waals surface area (Å²) in [5, 5.41) is 19.1. The fourth-order valence-electron chi connectivity index (χ4n) is 2.69. The Balaban J connectivity index is 2.63. The second kappa shape index (κ2) is 6.61. The van der Waals surface area contributed by atoms with Crippen molar-refractivity contribution in [1.29, 1.82) is 0 Å². The Kier molecular flexibility index (Phi) is 4.77. The maximum atomic E-state index is 12.2. The lowest BCUT2D eigenvalue weighted by Crippen LogP contribution is -2.35. The Morgan fingerprint density at radius 3 is 2.42 bits per heavy atom. The molecule has 0 radical (unpaired) electrons. The average Bonchev–Trinajstić information content (AvgIpc) is 2.78. The minimum Gasteiger partial charge on any atom is -0.503 e. The van der Waals surface area contributed by atoms with Crippen LogP contribution in [0.3, 0.4) is 0 Å². The van der Waals surface area contributed by atoms with E-state index in [1.165, 1.54) is 21.1 Å². The van der Waals surface area contributed by atoms with E-state index in [0.29, 0.717) is 17.1 Å². The van der Waals surface area contributed by atoms with Gasteiger partial charge in [0.1, 0.15) is 18.0 Å². The summed E-state index contributed by atoms with van der Waals surface area (Å²) < 4.78 is 10.4. The first-order chi connectivity index (χ1) is 11.3. The van der Waals surface area contributed by atoms with Crippen LogP contribution in [-0.2, 0) is 14.4 Å². The molecule has 8 nitrogen and oxygen atoms in total. The number of carboxylic acids is 1.